The highest BCUT2D eigenvalue weighted by atomic mass is 35.5. The number of benzene rings is 1. The third-order valence-corrected chi connectivity index (χ3v) is 4.21. The summed E-state index contributed by atoms with van der Waals surface area (Å²) in [6, 6.07) is 5.83. The van der Waals surface area contributed by atoms with Crippen LogP contribution in [0.2, 0.25) is 5.02 Å². The Morgan fingerprint density at radius 3 is 2.75 bits per heavy atom. The Hall–Kier alpha value is -0.770. The zero-order valence-corrected chi connectivity index (χ0v) is 13.0. The minimum Gasteiger partial charge on any atom is -0.490 e. The van der Waals surface area contributed by atoms with E-state index >= 15 is 0 Å². The van der Waals surface area contributed by atoms with Crippen LogP contribution in [0.5, 0.6) is 5.75 Å². The van der Waals surface area contributed by atoms with Crippen molar-refractivity contribution in [1.29, 1.82) is 0 Å². The van der Waals surface area contributed by atoms with Gasteiger partial charge in [0.2, 0.25) is 0 Å². The lowest BCUT2D eigenvalue weighted by Gasteiger charge is -2.24. The Kier molecular flexibility index (Phi) is 5.30. The van der Waals surface area contributed by atoms with Crippen LogP contribution in [0, 0.1) is 0 Å². The first-order valence-corrected chi connectivity index (χ1v) is 7.80. The third kappa shape index (κ3) is 3.87. The molecule has 1 fully saturated rings. The molecular weight excluding hydrogens is 274 g/mol. The SMILES string of the molecule is CCNC(C)c1cc(Cl)ccc1OCC1(O)CCCC1. The van der Waals surface area contributed by atoms with Crippen LogP contribution >= 0.6 is 11.6 Å². The number of halogens is 1. The van der Waals surface area contributed by atoms with E-state index in [2.05, 4.69) is 19.2 Å². The highest BCUT2D eigenvalue weighted by Gasteiger charge is 2.32. The van der Waals surface area contributed by atoms with Gasteiger partial charge in [0, 0.05) is 16.6 Å². The topological polar surface area (TPSA) is 41.5 Å². The third-order valence-electron chi connectivity index (χ3n) is 3.98. The number of aliphatic hydroxyl groups is 1. The van der Waals surface area contributed by atoms with E-state index in [1.165, 1.54) is 0 Å². The molecule has 1 aromatic rings. The summed E-state index contributed by atoms with van der Waals surface area (Å²) in [6.07, 6.45) is 3.83. The Morgan fingerprint density at radius 1 is 1.40 bits per heavy atom. The van der Waals surface area contributed by atoms with Crippen molar-refractivity contribution < 1.29 is 9.84 Å². The van der Waals surface area contributed by atoms with Crippen LogP contribution in [-0.4, -0.2) is 23.9 Å². The van der Waals surface area contributed by atoms with Crippen LogP contribution in [0.1, 0.15) is 51.1 Å². The van der Waals surface area contributed by atoms with Crippen molar-refractivity contribution in [2.24, 2.45) is 0 Å². The molecule has 3 nitrogen and oxygen atoms in total. The maximum Gasteiger partial charge on any atom is 0.124 e. The van der Waals surface area contributed by atoms with Crippen LogP contribution in [0.25, 0.3) is 0 Å². The largest absolute Gasteiger partial charge is 0.490 e. The first kappa shape index (κ1) is 15.6. The maximum absolute atomic E-state index is 10.4. The van der Waals surface area contributed by atoms with Gasteiger partial charge in [0.05, 0.1) is 5.60 Å². The Bertz CT molecular complexity index is 444. The average Bonchev–Trinajstić information content (AvgIpc) is 2.85. The molecular formula is C16H24ClNO2. The van der Waals surface area contributed by atoms with Gasteiger partial charge in [-0.15, -0.1) is 0 Å². The fraction of sp³-hybridized carbons (Fsp3) is 0.625. The van der Waals surface area contributed by atoms with Gasteiger partial charge in [-0.05, 0) is 44.5 Å². The Balaban J connectivity index is 2.10. The summed E-state index contributed by atoms with van der Waals surface area (Å²) in [5.41, 5.74) is 0.388. The second-order valence-electron chi connectivity index (χ2n) is 5.68. The van der Waals surface area contributed by atoms with E-state index in [1.807, 2.05) is 18.2 Å². The number of hydrogen-bond acceptors (Lipinski definition) is 3. The molecule has 1 saturated carbocycles. The molecule has 0 spiro atoms. The van der Waals surface area contributed by atoms with Gasteiger partial charge in [0.15, 0.2) is 0 Å². The Labute approximate surface area is 126 Å². The summed E-state index contributed by atoms with van der Waals surface area (Å²) in [4.78, 5) is 0. The normalized spacial score (nSPS) is 19.0. The molecule has 1 atom stereocenters. The van der Waals surface area contributed by atoms with Gasteiger partial charge < -0.3 is 15.2 Å². The molecule has 0 saturated heterocycles. The molecule has 1 aromatic carbocycles. The molecule has 112 valence electrons. The fourth-order valence-electron chi connectivity index (χ4n) is 2.79. The van der Waals surface area contributed by atoms with E-state index in [4.69, 9.17) is 16.3 Å². The summed E-state index contributed by atoms with van der Waals surface area (Å²) in [5, 5.41) is 14.4. The molecule has 0 amide bonds. The molecule has 1 unspecified atom stereocenters. The lowest BCUT2D eigenvalue weighted by Crippen LogP contribution is -2.32. The molecule has 2 N–H and O–H groups in total. The predicted molar refractivity (Wildman–Crippen MR) is 82.5 cm³/mol. The number of hydrogen-bond donors (Lipinski definition) is 2. The highest BCUT2D eigenvalue weighted by molar-refractivity contribution is 6.30. The average molecular weight is 298 g/mol. The lowest BCUT2D eigenvalue weighted by atomic mass is 10.0. The number of rotatable bonds is 6. The fourth-order valence-corrected chi connectivity index (χ4v) is 2.98. The van der Waals surface area contributed by atoms with Crippen molar-refractivity contribution in [3.8, 4) is 5.75 Å². The van der Waals surface area contributed by atoms with Crippen LogP contribution in [0.15, 0.2) is 18.2 Å². The van der Waals surface area contributed by atoms with E-state index in [0.29, 0.717) is 11.6 Å². The Morgan fingerprint density at radius 2 is 2.10 bits per heavy atom. The van der Waals surface area contributed by atoms with Gasteiger partial charge in [-0.3, -0.25) is 0 Å². The molecule has 4 heteroatoms. The molecule has 0 bridgehead atoms. The predicted octanol–water partition coefficient (Wildman–Crippen LogP) is 3.69. The molecule has 0 aliphatic heterocycles. The second-order valence-corrected chi connectivity index (χ2v) is 6.12. The van der Waals surface area contributed by atoms with E-state index in [0.717, 1.165) is 43.5 Å². The van der Waals surface area contributed by atoms with Crippen molar-refractivity contribution in [2.75, 3.05) is 13.2 Å². The van der Waals surface area contributed by atoms with Gasteiger partial charge in [-0.25, -0.2) is 0 Å². The monoisotopic (exact) mass is 297 g/mol. The van der Waals surface area contributed by atoms with Crippen LogP contribution < -0.4 is 10.1 Å². The number of ether oxygens (including phenoxy) is 1. The molecule has 0 radical (unpaired) electrons. The molecule has 2 rings (SSSR count). The minimum atomic E-state index is -0.654. The van der Waals surface area contributed by atoms with Crippen LogP contribution in [0.4, 0.5) is 0 Å². The highest BCUT2D eigenvalue weighted by Crippen LogP contribution is 2.33. The van der Waals surface area contributed by atoms with Gasteiger partial charge in [0.25, 0.3) is 0 Å². The molecule has 20 heavy (non-hydrogen) atoms. The summed E-state index contributed by atoms with van der Waals surface area (Å²) in [5.74, 6) is 0.808. The lowest BCUT2D eigenvalue weighted by molar-refractivity contribution is 0.00101. The van der Waals surface area contributed by atoms with Crippen molar-refractivity contribution >= 4 is 11.6 Å². The maximum atomic E-state index is 10.4. The standard InChI is InChI=1S/C16H24ClNO2/c1-3-18-12(2)14-10-13(17)6-7-15(14)20-11-16(19)8-4-5-9-16/h6-7,10,12,18-19H,3-5,8-9,11H2,1-2H3. The summed E-state index contributed by atoms with van der Waals surface area (Å²) in [7, 11) is 0. The van der Waals surface area contributed by atoms with Crippen LogP contribution in [-0.2, 0) is 0 Å². The van der Waals surface area contributed by atoms with Crippen molar-refractivity contribution in [1.82, 2.24) is 5.32 Å². The van der Waals surface area contributed by atoms with Crippen molar-refractivity contribution in [3.05, 3.63) is 28.8 Å². The zero-order chi connectivity index (χ0) is 14.6. The van der Waals surface area contributed by atoms with Gasteiger partial charge in [-0.1, -0.05) is 31.4 Å². The summed E-state index contributed by atoms with van der Waals surface area (Å²) < 4.78 is 5.90. The van der Waals surface area contributed by atoms with Crippen molar-refractivity contribution in [2.45, 2.75) is 51.2 Å². The molecule has 1 aliphatic carbocycles. The van der Waals surface area contributed by atoms with Gasteiger partial charge >= 0.3 is 0 Å². The summed E-state index contributed by atoms with van der Waals surface area (Å²) in [6.45, 7) is 5.41. The number of nitrogens with one attached hydrogen (secondary N) is 1. The minimum absolute atomic E-state index is 0.173. The summed E-state index contributed by atoms with van der Waals surface area (Å²) >= 11 is 6.08. The van der Waals surface area contributed by atoms with Gasteiger partial charge in [-0.2, -0.15) is 0 Å². The van der Waals surface area contributed by atoms with Crippen LogP contribution in [0.3, 0.4) is 0 Å². The molecule has 0 heterocycles. The first-order chi connectivity index (χ1) is 9.54. The van der Waals surface area contributed by atoms with E-state index in [9.17, 15) is 5.11 Å². The smallest absolute Gasteiger partial charge is 0.124 e. The first-order valence-electron chi connectivity index (χ1n) is 7.42. The van der Waals surface area contributed by atoms with Gasteiger partial charge in [0.1, 0.15) is 12.4 Å². The van der Waals surface area contributed by atoms with E-state index in [-0.39, 0.29) is 6.04 Å². The quantitative estimate of drug-likeness (QED) is 0.841. The van der Waals surface area contributed by atoms with E-state index in [1.54, 1.807) is 0 Å². The molecule has 0 aromatic heterocycles. The van der Waals surface area contributed by atoms with Crippen molar-refractivity contribution in [3.63, 3.8) is 0 Å². The van der Waals surface area contributed by atoms with E-state index < -0.39 is 5.60 Å². The zero-order valence-electron chi connectivity index (χ0n) is 12.3. The molecule has 1 aliphatic rings. The second kappa shape index (κ2) is 6.79.